The Morgan fingerprint density at radius 3 is 3.00 bits per heavy atom. The molecule has 0 saturated carbocycles. The first kappa shape index (κ1) is 9.78. The van der Waals surface area contributed by atoms with E-state index in [0.29, 0.717) is 16.4 Å². The maximum absolute atomic E-state index is 10.5. The van der Waals surface area contributed by atoms with Crippen LogP contribution in [0.15, 0.2) is 21.9 Å². The minimum atomic E-state index is -0.595. The van der Waals surface area contributed by atoms with Crippen molar-refractivity contribution >= 4 is 28.1 Å². The molecule has 0 unspecified atom stereocenters. The second-order valence-electron chi connectivity index (χ2n) is 3.19. The number of furan rings is 1. The van der Waals surface area contributed by atoms with Crippen molar-refractivity contribution < 1.29 is 9.34 Å². The topological polar surface area (TPSA) is 112 Å². The monoisotopic (exact) mass is 251 g/mol. The quantitative estimate of drug-likeness (QED) is 0.546. The molecule has 3 aromatic heterocycles. The average molecular weight is 251 g/mol. The lowest BCUT2D eigenvalue weighted by Gasteiger charge is -1.94. The number of hydrogen-bond acceptors (Lipinski definition) is 7. The molecule has 0 bridgehead atoms. The Morgan fingerprint density at radius 1 is 1.47 bits per heavy atom. The van der Waals surface area contributed by atoms with Gasteiger partial charge in [-0.25, -0.2) is 4.40 Å². The third kappa shape index (κ3) is 1.36. The van der Waals surface area contributed by atoms with Gasteiger partial charge in [0.1, 0.15) is 10.6 Å². The normalized spacial score (nSPS) is 11.1. The third-order valence-electron chi connectivity index (χ3n) is 2.20. The van der Waals surface area contributed by atoms with Gasteiger partial charge in [0.15, 0.2) is 5.76 Å². The van der Waals surface area contributed by atoms with Crippen LogP contribution in [0.2, 0.25) is 0 Å². The van der Waals surface area contributed by atoms with Gasteiger partial charge in [0.25, 0.3) is 0 Å². The summed E-state index contributed by atoms with van der Waals surface area (Å²) in [6.45, 7) is 0. The zero-order chi connectivity index (χ0) is 12.0. The Kier molecular flexibility index (Phi) is 1.89. The van der Waals surface area contributed by atoms with Crippen molar-refractivity contribution in [3.8, 4) is 11.5 Å². The van der Waals surface area contributed by atoms with Gasteiger partial charge >= 0.3 is 5.88 Å². The van der Waals surface area contributed by atoms with E-state index in [2.05, 4.69) is 10.2 Å². The molecule has 0 saturated heterocycles. The molecule has 17 heavy (non-hydrogen) atoms. The van der Waals surface area contributed by atoms with E-state index in [1.165, 1.54) is 23.5 Å². The molecular formula is C8H5N5O3S. The van der Waals surface area contributed by atoms with E-state index in [1.54, 1.807) is 9.78 Å². The SMILES string of the molecule is Nc1nnc2scc(-c3ccc([N+](=O)[O-])o3)n12. The molecule has 0 amide bonds. The zero-order valence-corrected chi connectivity index (χ0v) is 9.05. The van der Waals surface area contributed by atoms with Crippen LogP contribution in [0.5, 0.6) is 0 Å². The first-order valence-electron chi connectivity index (χ1n) is 4.49. The Labute approximate surface area is 97.4 Å². The summed E-state index contributed by atoms with van der Waals surface area (Å²) in [6, 6.07) is 2.80. The Bertz CT molecular complexity index is 712. The molecule has 86 valence electrons. The lowest BCUT2D eigenvalue weighted by atomic mass is 10.3. The van der Waals surface area contributed by atoms with Crippen LogP contribution >= 0.6 is 11.3 Å². The van der Waals surface area contributed by atoms with E-state index < -0.39 is 4.92 Å². The highest BCUT2D eigenvalue weighted by molar-refractivity contribution is 7.15. The number of aromatic nitrogens is 3. The number of nitrogen functional groups attached to an aromatic ring is 1. The molecular weight excluding hydrogens is 246 g/mol. The van der Waals surface area contributed by atoms with Crippen LogP contribution in [0.3, 0.4) is 0 Å². The molecule has 8 nitrogen and oxygen atoms in total. The molecule has 0 radical (unpaired) electrons. The van der Waals surface area contributed by atoms with Crippen LogP contribution in [0, 0.1) is 10.1 Å². The highest BCUT2D eigenvalue weighted by atomic mass is 32.1. The van der Waals surface area contributed by atoms with Crippen molar-refractivity contribution in [1.82, 2.24) is 14.6 Å². The van der Waals surface area contributed by atoms with E-state index in [4.69, 9.17) is 10.2 Å². The van der Waals surface area contributed by atoms with E-state index in [0.717, 1.165) is 0 Å². The van der Waals surface area contributed by atoms with E-state index >= 15 is 0 Å². The van der Waals surface area contributed by atoms with E-state index in [1.807, 2.05) is 0 Å². The summed E-state index contributed by atoms with van der Waals surface area (Å²) in [6.07, 6.45) is 0. The van der Waals surface area contributed by atoms with Gasteiger partial charge < -0.3 is 10.2 Å². The molecule has 0 aliphatic rings. The molecule has 3 rings (SSSR count). The summed E-state index contributed by atoms with van der Waals surface area (Å²) in [5, 5.41) is 19.8. The minimum absolute atomic E-state index is 0.218. The number of thiazole rings is 1. The minimum Gasteiger partial charge on any atom is -0.399 e. The number of nitrogens with two attached hydrogens (primary N) is 1. The summed E-state index contributed by atoms with van der Waals surface area (Å²) in [5.74, 6) is 0.260. The summed E-state index contributed by atoms with van der Waals surface area (Å²) >= 11 is 1.33. The smallest absolute Gasteiger partial charge is 0.399 e. The fourth-order valence-electron chi connectivity index (χ4n) is 1.48. The van der Waals surface area contributed by atoms with Crippen LogP contribution in [0.25, 0.3) is 16.4 Å². The van der Waals surface area contributed by atoms with Gasteiger partial charge in [-0.1, -0.05) is 0 Å². The van der Waals surface area contributed by atoms with Crippen molar-refractivity contribution in [2.75, 3.05) is 5.73 Å². The highest BCUT2D eigenvalue weighted by Gasteiger charge is 2.18. The van der Waals surface area contributed by atoms with Gasteiger partial charge in [0.05, 0.1) is 6.07 Å². The molecule has 0 aliphatic heterocycles. The van der Waals surface area contributed by atoms with Crippen molar-refractivity contribution in [3.05, 3.63) is 27.6 Å². The van der Waals surface area contributed by atoms with E-state index in [-0.39, 0.29) is 11.8 Å². The molecule has 3 heterocycles. The maximum atomic E-state index is 10.5. The van der Waals surface area contributed by atoms with Gasteiger partial charge in [0.2, 0.25) is 10.9 Å². The summed E-state index contributed by atoms with van der Waals surface area (Å²) in [7, 11) is 0. The summed E-state index contributed by atoms with van der Waals surface area (Å²) in [5.41, 5.74) is 6.24. The second-order valence-corrected chi connectivity index (χ2v) is 4.03. The van der Waals surface area contributed by atoms with Crippen LogP contribution in [-0.4, -0.2) is 19.5 Å². The van der Waals surface area contributed by atoms with Crippen LogP contribution in [-0.2, 0) is 0 Å². The third-order valence-corrected chi connectivity index (χ3v) is 3.02. The number of nitrogens with zero attached hydrogens (tertiary/aromatic N) is 4. The molecule has 2 N–H and O–H groups in total. The standard InChI is InChI=1S/C8H5N5O3S/c9-7-10-11-8-12(7)4(3-17-8)5-1-2-6(16-5)13(14)15/h1-3H,(H2,9,10). The van der Waals surface area contributed by atoms with Crippen molar-refractivity contribution in [2.24, 2.45) is 0 Å². The summed E-state index contributed by atoms with van der Waals surface area (Å²) in [4.78, 5) is 10.5. The summed E-state index contributed by atoms with van der Waals surface area (Å²) < 4.78 is 6.67. The van der Waals surface area contributed by atoms with Crippen LogP contribution in [0.4, 0.5) is 11.8 Å². The number of fused-ring (bicyclic) bond motifs is 1. The van der Waals surface area contributed by atoms with Gasteiger partial charge in [-0.05, 0) is 6.07 Å². The second kappa shape index (κ2) is 3.28. The first-order valence-corrected chi connectivity index (χ1v) is 5.37. The molecule has 9 heteroatoms. The van der Waals surface area contributed by atoms with Crippen LogP contribution < -0.4 is 5.73 Å². The van der Waals surface area contributed by atoms with Gasteiger partial charge in [0, 0.05) is 5.38 Å². The Morgan fingerprint density at radius 2 is 2.29 bits per heavy atom. The number of nitro groups is 1. The lowest BCUT2D eigenvalue weighted by molar-refractivity contribution is -0.401. The maximum Gasteiger partial charge on any atom is 0.433 e. The van der Waals surface area contributed by atoms with Crippen molar-refractivity contribution in [3.63, 3.8) is 0 Å². The van der Waals surface area contributed by atoms with E-state index in [9.17, 15) is 10.1 Å². The predicted molar refractivity (Wildman–Crippen MR) is 59.6 cm³/mol. The Balaban J connectivity index is 2.19. The average Bonchev–Trinajstić information content (AvgIpc) is 2.95. The van der Waals surface area contributed by atoms with Gasteiger partial charge in [-0.2, -0.15) is 0 Å². The number of anilines is 1. The van der Waals surface area contributed by atoms with Crippen molar-refractivity contribution in [1.29, 1.82) is 0 Å². The Hall–Kier alpha value is -2.42. The van der Waals surface area contributed by atoms with Crippen molar-refractivity contribution in [2.45, 2.75) is 0 Å². The molecule has 0 aliphatic carbocycles. The largest absolute Gasteiger partial charge is 0.433 e. The molecule has 0 fully saturated rings. The van der Waals surface area contributed by atoms with Crippen LogP contribution in [0.1, 0.15) is 0 Å². The van der Waals surface area contributed by atoms with Gasteiger partial charge in [-0.15, -0.1) is 21.5 Å². The first-order chi connectivity index (χ1) is 8.16. The molecule has 3 aromatic rings. The zero-order valence-electron chi connectivity index (χ0n) is 8.23. The number of hydrogen-bond donors (Lipinski definition) is 1. The lowest BCUT2D eigenvalue weighted by Crippen LogP contribution is -1.94. The molecule has 0 spiro atoms. The molecule has 0 aromatic carbocycles. The fourth-order valence-corrected chi connectivity index (χ4v) is 2.30. The predicted octanol–water partition coefficient (Wildman–Crippen LogP) is 1.54. The fraction of sp³-hybridized carbons (Fsp3) is 0. The number of rotatable bonds is 2. The molecule has 0 atom stereocenters. The van der Waals surface area contributed by atoms with Gasteiger partial charge in [-0.3, -0.25) is 10.1 Å². The highest BCUT2D eigenvalue weighted by Crippen LogP contribution is 2.30.